The monoisotopic (exact) mass is 394 g/mol. The summed E-state index contributed by atoms with van der Waals surface area (Å²) in [6, 6.07) is 13.4. The molecule has 3 heterocycles. The highest BCUT2D eigenvalue weighted by atomic mass is 32.2. The number of nitrogens with zero attached hydrogens (tertiary/aromatic N) is 4. The zero-order valence-corrected chi connectivity index (χ0v) is 15.6. The molecule has 0 aliphatic carbocycles. The molecule has 0 saturated carbocycles. The van der Waals surface area contributed by atoms with E-state index in [1.165, 1.54) is 11.8 Å². The molecule has 0 bridgehead atoms. The Kier molecular flexibility index (Phi) is 4.21. The van der Waals surface area contributed by atoms with Crippen LogP contribution in [0.1, 0.15) is 11.5 Å². The number of aryl methyl sites for hydroxylation is 1. The molecule has 2 aromatic heterocycles. The number of fused-ring (bicyclic) bond motifs is 1. The molecule has 0 fully saturated rings. The zero-order valence-electron chi connectivity index (χ0n) is 14.8. The molecule has 8 nitrogen and oxygen atoms in total. The van der Waals surface area contributed by atoms with Gasteiger partial charge in [-0.3, -0.25) is 0 Å². The summed E-state index contributed by atoms with van der Waals surface area (Å²) in [7, 11) is 0. The Morgan fingerprint density at radius 3 is 2.61 bits per heavy atom. The lowest BCUT2D eigenvalue weighted by molar-refractivity contribution is 0.174. The van der Waals surface area contributed by atoms with Crippen molar-refractivity contribution in [3.8, 4) is 34.4 Å². The van der Waals surface area contributed by atoms with Crippen molar-refractivity contribution in [3.05, 3.63) is 53.9 Å². The van der Waals surface area contributed by atoms with Crippen LogP contribution >= 0.6 is 11.8 Å². The van der Waals surface area contributed by atoms with Crippen LogP contribution in [0.15, 0.2) is 56.5 Å². The van der Waals surface area contributed by atoms with Crippen molar-refractivity contribution >= 4 is 11.8 Å². The fraction of sp³-hybridized carbons (Fsp3) is 0.158. The molecule has 0 atom stereocenters. The molecule has 0 spiro atoms. The van der Waals surface area contributed by atoms with Gasteiger partial charge in [0, 0.05) is 11.1 Å². The summed E-state index contributed by atoms with van der Waals surface area (Å²) in [6.45, 7) is 2.24. The van der Waals surface area contributed by atoms with Crippen LogP contribution in [0.4, 0.5) is 0 Å². The number of ether oxygens (including phenoxy) is 2. The van der Waals surface area contributed by atoms with Gasteiger partial charge in [-0.15, -0.1) is 20.4 Å². The predicted octanol–water partition coefficient (Wildman–Crippen LogP) is 4.12. The normalized spacial score (nSPS) is 12.5. The highest BCUT2D eigenvalue weighted by molar-refractivity contribution is 7.98. The smallest absolute Gasteiger partial charge is 0.277 e. The Labute approximate surface area is 163 Å². The number of aromatic nitrogens is 4. The van der Waals surface area contributed by atoms with E-state index in [1.54, 1.807) is 0 Å². The SMILES string of the molecule is Cc1cccc(-c2nnc(CSc3nnc(-c4ccc5c(c4)OCO5)o3)o2)c1. The lowest BCUT2D eigenvalue weighted by atomic mass is 10.1. The summed E-state index contributed by atoms with van der Waals surface area (Å²) in [6.07, 6.45) is 0. The number of hydrogen-bond donors (Lipinski definition) is 0. The first-order chi connectivity index (χ1) is 13.7. The van der Waals surface area contributed by atoms with Gasteiger partial charge in [-0.1, -0.05) is 29.5 Å². The predicted molar refractivity (Wildman–Crippen MR) is 99.9 cm³/mol. The first-order valence-electron chi connectivity index (χ1n) is 8.50. The molecule has 4 aromatic rings. The minimum absolute atomic E-state index is 0.221. The molecule has 1 aliphatic heterocycles. The van der Waals surface area contributed by atoms with Gasteiger partial charge in [0.2, 0.25) is 24.5 Å². The quantitative estimate of drug-likeness (QED) is 0.463. The summed E-state index contributed by atoms with van der Waals surface area (Å²) in [4.78, 5) is 0. The Bertz CT molecular complexity index is 1140. The molecule has 28 heavy (non-hydrogen) atoms. The second kappa shape index (κ2) is 7.01. The molecule has 140 valence electrons. The molecule has 1 aliphatic rings. The van der Waals surface area contributed by atoms with Crippen molar-refractivity contribution in [1.82, 2.24) is 20.4 Å². The fourth-order valence-corrected chi connectivity index (χ4v) is 3.34. The standard InChI is InChI=1S/C19H14N4O4S/c1-11-3-2-4-12(7-11)17-21-20-16(26-17)9-28-19-23-22-18(27-19)13-5-6-14-15(8-13)25-10-24-14/h2-8H,9-10H2,1H3. The molecular formula is C19H14N4O4S. The fourth-order valence-electron chi connectivity index (χ4n) is 2.74. The minimum Gasteiger partial charge on any atom is -0.454 e. The number of rotatable bonds is 5. The molecule has 0 amide bonds. The van der Waals surface area contributed by atoms with Crippen molar-refractivity contribution < 1.29 is 18.3 Å². The Hall–Kier alpha value is -3.33. The van der Waals surface area contributed by atoms with E-state index in [0.717, 1.165) is 16.7 Å². The van der Waals surface area contributed by atoms with Crippen LogP contribution in [0.25, 0.3) is 22.9 Å². The van der Waals surface area contributed by atoms with Crippen molar-refractivity contribution in [2.75, 3.05) is 6.79 Å². The maximum Gasteiger partial charge on any atom is 0.277 e. The molecule has 0 unspecified atom stereocenters. The van der Waals surface area contributed by atoms with Crippen LogP contribution in [0, 0.1) is 6.92 Å². The second-order valence-electron chi connectivity index (χ2n) is 6.10. The van der Waals surface area contributed by atoms with E-state index in [0.29, 0.717) is 40.1 Å². The maximum absolute atomic E-state index is 5.72. The largest absolute Gasteiger partial charge is 0.454 e. The van der Waals surface area contributed by atoms with Crippen LogP contribution in [0.5, 0.6) is 11.5 Å². The van der Waals surface area contributed by atoms with Gasteiger partial charge in [-0.25, -0.2) is 0 Å². The average Bonchev–Trinajstić information content (AvgIpc) is 3.45. The summed E-state index contributed by atoms with van der Waals surface area (Å²) >= 11 is 1.33. The van der Waals surface area contributed by atoms with Gasteiger partial charge in [0.15, 0.2) is 11.5 Å². The Morgan fingerprint density at radius 2 is 1.68 bits per heavy atom. The van der Waals surface area contributed by atoms with Crippen molar-refractivity contribution in [1.29, 1.82) is 0 Å². The Balaban J connectivity index is 1.27. The minimum atomic E-state index is 0.221. The number of hydrogen-bond acceptors (Lipinski definition) is 9. The lowest BCUT2D eigenvalue weighted by Crippen LogP contribution is -1.92. The van der Waals surface area contributed by atoms with Crippen molar-refractivity contribution in [2.24, 2.45) is 0 Å². The molecule has 5 rings (SSSR count). The molecule has 9 heteroatoms. The average molecular weight is 394 g/mol. The van der Waals surface area contributed by atoms with E-state index in [9.17, 15) is 0 Å². The Morgan fingerprint density at radius 1 is 0.857 bits per heavy atom. The van der Waals surface area contributed by atoms with E-state index in [4.69, 9.17) is 18.3 Å². The van der Waals surface area contributed by atoms with E-state index in [1.807, 2.05) is 49.4 Å². The van der Waals surface area contributed by atoms with Crippen molar-refractivity contribution in [2.45, 2.75) is 17.9 Å². The van der Waals surface area contributed by atoms with Gasteiger partial charge in [0.1, 0.15) is 0 Å². The van der Waals surface area contributed by atoms with Gasteiger partial charge < -0.3 is 18.3 Å². The van der Waals surface area contributed by atoms with Crippen LogP contribution in [-0.4, -0.2) is 27.2 Å². The van der Waals surface area contributed by atoms with E-state index < -0.39 is 0 Å². The van der Waals surface area contributed by atoms with Crippen molar-refractivity contribution in [3.63, 3.8) is 0 Å². The van der Waals surface area contributed by atoms with Crippen LogP contribution in [0.2, 0.25) is 0 Å². The molecule has 2 aromatic carbocycles. The zero-order chi connectivity index (χ0) is 18.9. The third-order valence-corrected chi connectivity index (χ3v) is 4.88. The molecule has 0 saturated heterocycles. The van der Waals surface area contributed by atoms with Gasteiger partial charge in [-0.05, 0) is 37.3 Å². The lowest BCUT2D eigenvalue weighted by Gasteiger charge is -1.98. The number of benzene rings is 2. The molecule has 0 radical (unpaired) electrons. The van der Waals surface area contributed by atoms with Gasteiger partial charge in [-0.2, -0.15) is 0 Å². The third kappa shape index (κ3) is 3.31. The summed E-state index contributed by atoms with van der Waals surface area (Å²) in [5.41, 5.74) is 2.79. The van der Waals surface area contributed by atoms with E-state index >= 15 is 0 Å². The van der Waals surface area contributed by atoms with E-state index in [-0.39, 0.29) is 6.79 Å². The van der Waals surface area contributed by atoms with Gasteiger partial charge in [0.25, 0.3) is 5.22 Å². The third-order valence-electron chi connectivity index (χ3n) is 4.08. The molecule has 0 N–H and O–H groups in total. The van der Waals surface area contributed by atoms with Crippen LogP contribution in [0.3, 0.4) is 0 Å². The van der Waals surface area contributed by atoms with Gasteiger partial charge >= 0.3 is 0 Å². The second-order valence-corrected chi connectivity index (χ2v) is 7.03. The molecular weight excluding hydrogens is 380 g/mol. The number of thioether (sulfide) groups is 1. The highest BCUT2D eigenvalue weighted by Crippen LogP contribution is 2.36. The topological polar surface area (TPSA) is 96.3 Å². The van der Waals surface area contributed by atoms with Gasteiger partial charge in [0.05, 0.1) is 5.75 Å². The summed E-state index contributed by atoms with van der Waals surface area (Å²) < 4.78 is 22.1. The van der Waals surface area contributed by atoms with Crippen LogP contribution in [-0.2, 0) is 5.75 Å². The maximum atomic E-state index is 5.72. The first kappa shape index (κ1) is 16.8. The summed E-state index contributed by atoms with van der Waals surface area (Å²) in [5.74, 6) is 3.20. The summed E-state index contributed by atoms with van der Waals surface area (Å²) in [5, 5.41) is 16.8. The first-order valence-corrected chi connectivity index (χ1v) is 9.49. The van der Waals surface area contributed by atoms with E-state index in [2.05, 4.69) is 20.4 Å². The highest BCUT2D eigenvalue weighted by Gasteiger charge is 2.17. The van der Waals surface area contributed by atoms with Crippen LogP contribution < -0.4 is 9.47 Å².